The second-order valence-corrected chi connectivity index (χ2v) is 6.54. The Hall–Kier alpha value is -1.64. The van der Waals surface area contributed by atoms with E-state index in [9.17, 15) is 4.79 Å². The van der Waals surface area contributed by atoms with Crippen LogP contribution in [0.5, 0.6) is 5.88 Å². The fraction of sp³-hybridized carbons (Fsp3) is 0.625. The maximum Gasteiger partial charge on any atom is 0.496 e. The predicted octanol–water partition coefficient (Wildman–Crippen LogP) is 1.19. The van der Waals surface area contributed by atoms with E-state index in [1.165, 1.54) is 7.11 Å². The largest absolute Gasteiger partial charge is 0.496 e. The summed E-state index contributed by atoms with van der Waals surface area (Å²) in [6, 6.07) is 1.63. The highest BCUT2D eigenvalue weighted by molar-refractivity contribution is 6.62. The van der Waals surface area contributed by atoms with Crippen LogP contribution >= 0.6 is 0 Å². The summed E-state index contributed by atoms with van der Waals surface area (Å²) < 4.78 is 27.2. The first-order valence-corrected chi connectivity index (χ1v) is 7.77. The normalized spacial score (nSPS) is 18.5. The molecule has 0 atom stereocenters. The quantitative estimate of drug-likeness (QED) is 0.438. The molecule has 2 rings (SSSR count). The van der Waals surface area contributed by atoms with Crippen LogP contribution in [0.3, 0.4) is 0 Å². The highest BCUT2D eigenvalue weighted by atomic mass is 16.7. The highest BCUT2D eigenvalue weighted by Gasteiger charge is 2.52. The number of carbonyl (C=O) groups is 1. The van der Waals surface area contributed by atoms with Gasteiger partial charge in [0.05, 0.1) is 24.9 Å². The Balaban J connectivity index is 2.28. The topological polar surface area (TPSA) is 76.1 Å². The van der Waals surface area contributed by atoms with Crippen molar-refractivity contribution in [1.29, 1.82) is 0 Å². The van der Waals surface area contributed by atoms with Crippen molar-refractivity contribution in [2.75, 3.05) is 27.4 Å². The first-order chi connectivity index (χ1) is 11.2. The maximum absolute atomic E-state index is 12.0. The number of ether oxygens (including phenoxy) is 3. The SMILES string of the molecule is COCCOc1ncc(B2OC(C)(C)C(C)(C)O2)cc1C(=O)OC. The molecule has 1 aliphatic heterocycles. The molecule has 0 amide bonds. The molecule has 132 valence electrons. The molecular weight excluding hydrogens is 313 g/mol. The molecule has 1 aromatic heterocycles. The molecule has 0 aliphatic carbocycles. The van der Waals surface area contributed by atoms with Gasteiger partial charge in [0, 0.05) is 18.8 Å². The standard InChI is InChI=1S/C16H24BNO6/c1-15(2)16(3,4)24-17(23-15)11-9-12(14(19)21-6)13(18-10-11)22-8-7-20-5/h9-10H,7-8H2,1-6H3. The fourth-order valence-electron chi connectivity index (χ4n) is 2.17. The third kappa shape index (κ3) is 3.71. The average Bonchev–Trinajstić information content (AvgIpc) is 2.75. The summed E-state index contributed by atoms with van der Waals surface area (Å²) in [6.45, 7) is 8.52. The number of esters is 1. The van der Waals surface area contributed by atoms with Crippen LogP contribution in [0, 0.1) is 0 Å². The number of nitrogens with zero attached hydrogens (tertiary/aromatic N) is 1. The van der Waals surface area contributed by atoms with Gasteiger partial charge in [-0.2, -0.15) is 0 Å². The van der Waals surface area contributed by atoms with E-state index in [1.807, 2.05) is 27.7 Å². The molecule has 0 radical (unpaired) electrons. The molecule has 1 fully saturated rings. The molecule has 0 N–H and O–H groups in total. The first kappa shape index (κ1) is 18.7. The van der Waals surface area contributed by atoms with Crippen molar-refractivity contribution in [1.82, 2.24) is 4.98 Å². The summed E-state index contributed by atoms with van der Waals surface area (Å²) in [4.78, 5) is 16.3. The van der Waals surface area contributed by atoms with E-state index >= 15 is 0 Å². The monoisotopic (exact) mass is 337 g/mol. The molecule has 24 heavy (non-hydrogen) atoms. The lowest BCUT2D eigenvalue weighted by molar-refractivity contribution is 0.00578. The lowest BCUT2D eigenvalue weighted by Gasteiger charge is -2.32. The number of methoxy groups -OCH3 is 2. The maximum atomic E-state index is 12.0. The van der Waals surface area contributed by atoms with E-state index in [4.69, 9.17) is 23.5 Å². The average molecular weight is 337 g/mol. The smallest absolute Gasteiger partial charge is 0.475 e. The van der Waals surface area contributed by atoms with Gasteiger partial charge >= 0.3 is 13.1 Å². The van der Waals surface area contributed by atoms with E-state index in [1.54, 1.807) is 19.4 Å². The van der Waals surface area contributed by atoms with Gasteiger partial charge < -0.3 is 23.5 Å². The summed E-state index contributed by atoms with van der Waals surface area (Å²) >= 11 is 0. The fourth-order valence-corrected chi connectivity index (χ4v) is 2.17. The Morgan fingerprint density at radius 1 is 1.17 bits per heavy atom. The zero-order valence-electron chi connectivity index (χ0n) is 15.0. The van der Waals surface area contributed by atoms with E-state index in [0.717, 1.165) is 0 Å². The van der Waals surface area contributed by atoms with Crippen molar-refractivity contribution in [3.63, 3.8) is 0 Å². The van der Waals surface area contributed by atoms with E-state index < -0.39 is 24.3 Å². The van der Waals surface area contributed by atoms with Gasteiger partial charge in [-0.25, -0.2) is 9.78 Å². The van der Waals surface area contributed by atoms with Gasteiger partial charge in [-0.3, -0.25) is 0 Å². The summed E-state index contributed by atoms with van der Waals surface area (Å²) in [6.07, 6.45) is 1.58. The Morgan fingerprint density at radius 2 is 1.79 bits per heavy atom. The number of rotatable bonds is 6. The predicted molar refractivity (Wildman–Crippen MR) is 88.7 cm³/mol. The van der Waals surface area contributed by atoms with Crippen molar-refractivity contribution in [3.8, 4) is 5.88 Å². The van der Waals surface area contributed by atoms with E-state index in [-0.39, 0.29) is 18.1 Å². The van der Waals surface area contributed by atoms with Crippen molar-refractivity contribution in [3.05, 3.63) is 17.8 Å². The molecule has 1 aliphatic rings. The van der Waals surface area contributed by atoms with Crippen LogP contribution in [0.1, 0.15) is 38.1 Å². The first-order valence-electron chi connectivity index (χ1n) is 7.77. The van der Waals surface area contributed by atoms with Gasteiger partial charge in [-0.05, 0) is 33.8 Å². The van der Waals surface area contributed by atoms with Crippen LogP contribution in [0.4, 0.5) is 0 Å². The number of aromatic nitrogens is 1. The van der Waals surface area contributed by atoms with E-state index in [0.29, 0.717) is 12.1 Å². The lowest BCUT2D eigenvalue weighted by atomic mass is 9.79. The van der Waals surface area contributed by atoms with Crippen LogP contribution in [0.2, 0.25) is 0 Å². The molecular formula is C16H24BNO6. The second-order valence-electron chi connectivity index (χ2n) is 6.54. The molecule has 2 heterocycles. The zero-order valence-corrected chi connectivity index (χ0v) is 15.0. The number of pyridine rings is 1. The van der Waals surface area contributed by atoms with Gasteiger partial charge in [0.2, 0.25) is 5.88 Å². The van der Waals surface area contributed by atoms with Crippen LogP contribution in [0.25, 0.3) is 0 Å². The summed E-state index contributed by atoms with van der Waals surface area (Å²) in [5.74, 6) is -0.340. The second kappa shape index (κ2) is 7.08. The minimum absolute atomic E-state index is 0.194. The van der Waals surface area contributed by atoms with Gasteiger partial charge in [0.15, 0.2) is 0 Å². The van der Waals surface area contributed by atoms with Gasteiger partial charge in [-0.15, -0.1) is 0 Å². The molecule has 0 spiro atoms. The Kier molecular flexibility index (Phi) is 5.52. The molecule has 1 saturated heterocycles. The lowest BCUT2D eigenvalue weighted by Crippen LogP contribution is -2.41. The molecule has 1 aromatic rings. The minimum atomic E-state index is -0.612. The molecule has 7 nitrogen and oxygen atoms in total. The van der Waals surface area contributed by atoms with E-state index in [2.05, 4.69) is 4.98 Å². The summed E-state index contributed by atoms with van der Waals surface area (Å²) in [7, 11) is 2.26. The molecule has 8 heteroatoms. The molecule has 0 unspecified atom stereocenters. The van der Waals surface area contributed by atoms with Gasteiger partial charge in [-0.1, -0.05) is 0 Å². The third-order valence-corrected chi connectivity index (χ3v) is 4.33. The van der Waals surface area contributed by atoms with Crippen molar-refractivity contribution >= 4 is 18.6 Å². The number of hydrogen-bond acceptors (Lipinski definition) is 7. The Labute approximate surface area is 142 Å². The molecule has 0 aromatic carbocycles. The Bertz CT molecular complexity index is 588. The Morgan fingerprint density at radius 3 is 2.33 bits per heavy atom. The van der Waals surface area contributed by atoms with Gasteiger partial charge in [0.1, 0.15) is 12.2 Å². The molecule has 0 saturated carbocycles. The summed E-state index contributed by atoms with van der Waals surface area (Å²) in [5, 5.41) is 0. The van der Waals surface area contributed by atoms with Crippen LogP contribution < -0.4 is 10.2 Å². The highest BCUT2D eigenvalue weighted by Crippen LogP contribution is 2.36. The van der Waals surface area contributed by atoms with Crippen molar-refractivity contribution < 1.29 is 28.3 Å². The van der Waals surface area contributed by atoms with Crippen molar-refractivity contribution in [2.45, 2.75) is 38.9 Å². The zero-order chi connectivity index (χ0) is 18.0. The van der Waals surface area contributed by atoms with Crippen LogP contribution in [0.15, 0.2) is 12.3 Å². The van der Waals surface area contributed by atoms with Crippen LogP contribution in [-0.2, 0) is 18.8 Å². The molecule has 0 bridgehead atoms. The van der Waals surface area contributed by atoms with Crippen LogP contribution in [-0.4, -0.2) is 56.7 Å². The number of carbonyl (C=O) groups excluding carboxylic acids is 1. The van der Waals surface area contributed by atoms with Crippen molar-refractivity contribution in [2.24, 2.45) is 0 Å². The third-order valence-electron chi connectivity index (χ3n) is 4.33. The van der Waals surface area contributed by atoms with Gasteiger partial charge in [0.25, 0.3) is 0 Å². The summed E-state index contributed by atoms with van der Waals surface area (Å²) in [5.41, 5.74) is -0.0954. The minimum Gasteiger partial charge on any atom is -0.475 e. The number of hydrogen-bond donors (Lipinski definition) is 0.